The minimum absolute atomic E-state index is 0.181. The molecule has 0 saturated carbocycles. The van der Waals surface area contributed by atoms with Crippen molar-refractivity contribution in [2.24, 2.45) is 11.8 Å². The van der Waals surface area contributed by atoms with Gasteiger partial charge in [-0.15, -0.1) is 0 Å². The van der Waals surface area contributed by atoms with Crippen LogP contribution in [0.15, 0.2) is 72.8 Å². The molecular weight excluding hydrogens is 542 g/mol. The molecule has 0 radical (unpaired) electrons. The molecule has 4 aliphatic rings. The predicted molar refractivity (Wildman–Crippen MR) is 149 cm³/mol. The Balaban J connectivity index is 1.27. The van der Waals surface area contributed by atoms with Crippen LogP contribution in [-0.2, 0) is 18.7 Å². The number of hydrogen-bond donors (Lipinski definition) is 0. The molecule has 1 aliphatic heterocycles. The minimum Gasteiger partial charge on any atom is -0.462 e. The van der Waals surface area contributed by atoms with Gasteiger partial charge in [0.2, 0.25) is 11.8 Å². The summed E-state index contributed by atoms with van der Waals surface area (Å²) in [5.41, 5.74) is 5.20. The van der Waals surface area contributed by atoms with E-state index in [1.165, 1.54) is 17.7 Å². The number of halogens is 1. The summed E-state index contributed by atoms with van der Waals surface area (Å²) in [7, 11) is 0. The first-order chi connectivity index (χ1) is 18.5. The van der Waals surface area contributed by atoms with E-state index in [0.717, 1.165) is 41.5 Å². The summed E-state index contributed by atoms with van der Waals surface area (Å²) in [4.78, 5) is 41.8. The lowest BCUT2D eigenvalue weighted by Gasteiger charge is -2.51. The van der Waals surface area contributed by atoms with Gasteiger partial charge in [0, 0.05) is 5.92 Å². The van der Waals surface area contributed by atoms with E-state index in [9.17, 15) is 14.4 Å². The molecule has 3 aromatic carbocycles. The molecule has 2 unspecified atom stereocenters. The molecule has 2 atom stereocenters. The fraction of sp³-hybridized carbons (Fsp3) is 0.344. The molecule has 0 spiro atoms. The molecule has 3 aliphatic carbocycles. The molecule has 0 N–H and O–H groups in total. The van der Waals surface area contributed by atoms with Gasteiger partial charge in [0.05, 0.1) is 34.0 Å². The minimum atomic E-state index is -0.776. The van der Waals surface area contributed by atoms with Crippen LogP contribution in [-0.4, -0.2) is 24.4 Å². The van der Waals surface area contributed by atoms with E-state index in [4.69, 9.17) is 4.74 Å². The Kier molecular flexibility index (Phi) is 6.47. The Labute approximate surface area is 231 Å². The monoisotopic (exact) mass is 571 g/mol. The van der Waals surface area contributed by atoms with Crippen molar-refractivity contribution in [2.75, 3.05) is 11.5 Å². The normalized spacial score (nSPS) is 24.7. The van der Waals surface area contributed by atoms with Crippen molar-refractivity contribution in [3.8, 4) is 0 Å². The average Bonchev–Trinajstić information content (AvgIpc) is 3.22. The van der Waals surface area contributed by atoms with Crippen LogP contribution in [0.5, 0.6) is 0 Å². The maximum Gasteiger partial charge on any atom is 0.338 e. The summed E-state index contributed by atoms with van der Waals surface area (Å²) in [6, 6.07) is 22.9. The number of amides is 2. The molecule has 1 heterocycles. The highest BCUT2D eigenvalue weighted by Crippen LogP contribution is 2.66. The smallest absolute Gasteiger partial charge is 0.338 e. The summed E-state index contributed by atoms with van der Waals surface area (Å²) in [5.74, 6) is -2.03. The molecule has 2 amide bonds. The summed E-state index contributed by atoms with van der Waals surface area (Å²) in [6.07, 6.45) is 5.41. The SMILES string of the molecule is CCCCCCCOC(=O)c1ccc(N2C(=O)C3C4c5ccccc5C(Br)(c5ccccc54)C3C2=O)cc1. The van der Waals surface area contributed by atoms with E-state index in [1.807, 2.05) is 24.3 Å². The number of carbonyl (C=O) groups is 3. The Morgan fingerprint density at radius 1 is 0.842 bits per heavy atom. The number of imide groups is 1. The highest BCUT2D eigenvalue weighted by molar-refractivity contribution is 9.09. The van der Waals surface area contributed by atoms with Crippen LogP contribution in [0.1, 0.15) is 77.6 Å². The van der Waals surface area contributed by atoms with Gasteiger partial charge in [-0.3, -0.25) is 9.59 Å². The van der Waals surface area contributed by atoms with E-state index in [1.54, 1.807) is 24.3 Å². The van der Waals surface area contributed by atoms with Crippen molar-refractivity contribution in [3.63, 3.8) is 0 Å². The van der Waals surface area contributed by atoms with Crippen molar-refractivity contribution in [3.05, 3.63) is 101 Å². The lowest BCUT2D eigenvalue weighted by molar-refractivity contribution is -0.122. The lowest BCUT2D eigenvalue weighted by atomic mass is 9.55. The van der Waals surface area contributed by atoms with Gasteiger partial charge in [0.25, 0.3) is 0 Å². The first kappa shape index (κ1) is 25.1. The van der Waals surface area contributed by atoms with Crippen LogP contribution in [0.3, 0.4) is 0 Å². The summed E-state index contributed by atoms with van der Waals surface area (Å²) in [6.45, 7) is 2.56. The van der Waals surface area contributed by atoms with Crippen molar-refractivity contribution >= 4 is 39.4 Å². The first-order valence-corrected chi connectivity index (χ1v) is 14.3. The van der Waals surface area contributed by atoms with Crippen LogP contribution in [0.4, 0.5) is 5.69 Å². The summed E-state index contributed by atoms with van der Waals surface area (Å²) >= 11 is 4.02. The highest BCUT2D eigenvalue weighted by Gasteiger charge is 2.67. The molecule has 1 saturated heterocycles. The number of nitrogens with zero attached hydrogens (tertiary/aromatic N) is 1. The number of ether oxygens (including phenoxy) is 1. The average molecular weight is 572 g/mol. The number of carbonyl (C=O) groups excluding carboxylic acids is 3. The van der Waals surface area contributed by atoms with Crippen LogP contribution in [0, 0.1) is 11.8 Å². The number of esters is 1. The molecule has 0 aromatic heterocycles. The van der Waals surface area contributed by atoms with Gasteiger partial charge in [0.1, 0.15) is 0 Å². The fourth-order valence-corrected chi connectivity index (χ4v) is 7.84. The summed E-state index contributed by atoms with van der Waals surface area (Å²) < 4.78 is 4.65. The topological polar surface area (TPSA) is 63.7 Å². The Bertz CT molecular complexity index is 1370. The van der Waals surface area contributed by atoms with Gasteiger partial charge in [-0.05, 0) is 52.9 Å². The van der Waals surface area contributed by atoms with Gasteiger partial charge >= 0.3 is 5.97 Å². The number of hydrogen-bond acceptors (Lipinski definition) is 4. The second-order valence-electron chi connectivity index (χ2n) is 10.5. The number of benzene rings is 3. The van der Waals surface area contributed by atoms with Crippen molar-refractivity contribution in [2.45, 2.75) is 49.3 Å². The van der Waals surface area contributed by atoms with E-state index >= 15 is 0 Å². The third kappa shape index (κ3) is 3.68. The molecule has 2 bridgehead atoms. The molecule has 3 aromatic rings. The quantitative estimate of drug-likeness (QED) is 0.130. The standard InChI is InChI=1S/C32H30BrNO4/c1-2-3-4-5-10-19-38-31(37)20-15-17-21(18-16-20)34-29(35)27-26-22-11-6-8-13-24(22)32(33,28(27)30(34)36)25-14-9-7-12-23(25)26/h6-9,11-18,26-28H,2-5,10,19H2,1H3. The number of anilines is 1. The van der Waals surface area contributed by atoms with Gasteiger partial charge in [-0.2, -0.15) is 0 Å². The predicted octanol–water partition coefficient (Wildman–Crippen LogP) is 6.72. The molecule has 5 nitrogen and oxygen atoms in total. The first-order valence-electron chi connectivity index (χ1n) is 13.5. The van der Waals surface area contributed by atoms with Crippen molar-refractivity contribution in [1.29, 1.82) is 0 Å². The molecule has 194 valence electrons. The Morgan fingerprint density at radius 2 is 1.45 bits per heavy atom. The van der Waals surface area contributed by atoms with E-state index in [-0.39, 0.29) is 23.7 Å². The van der Waals surface area contributed by atoms with Gasteiger partial charge in [-0.25, -0.2) is 9.69 Å². The van der Waals surface area contributed by atoms with Gasteiger partial charge < -0.3 is 4.74 Å². The number of alkyl halides is 1. The lowest BCUT2D eigenvalue weighted by Crippen LogP contribution is -2.50. The largest absolute Gasteiger partial charge is 0.462 e. The molecular formula is C32H30BrNO4. The summed E-state index contributed by atoms with van der Waals surface area (Å²) in [5, 5.41) is 0. The third-order valence-corrected chi connectivity index (χ3v) is 9.70. The zero-order valence-corrected chi connectivity index (χ0v) is 22.9. The van der Waals surface area contributed by atoms with Gasteiger partial charge in [-0.1, -0.05) is 97.1 Å². The third-order valence-electron chi connectivity index (χ3n) is 8.36. The Morgan fingerprint density at radius 3 is 2.08 bits per heavy atom. The van der Waals surface area contributed by atoms with Crippen molar-refractivity contribution in [1.82, 2.24) is 0 Å². The maximum absolute atomic E-state index is 14.0. The molecule has 38 heavy (non-hydrogen) atoms. The van der Waals surface area contributed by atoms with Crippen LogP contribution in [0.25, 0.3) is 0 Å². The molecule has 7 rings (SSSR count). The molecule has 1 fully saturated rings. The number of rotatable bonds is 8. The second-order valence-corrected chi connectivity index (χ2v) is 11.7. The van der Waals surface area contributed by atoms with Crippen LogP contribution in [0.2, 0.25) is 0 Å². The van der Waals surface area contributed by atoms with E-state index in [2.05, 4.69) is 47.1 Å². The van der Waals surface area contributed by atoms with Gasteiger partial charge in [0.15, 0.2) is 0 Å². The fourth-order valence-electron chi connectivity index (χ4n) is 6.63. The van der Waals surface area contributed by atoms with E-state index in [0.29, 0.717) is 17.9 Å². The zero-order chi connectivity index (χ0) is 26.4. The van der Waals surface area contributed by atoms with Crippen LogP contribution >= 0.6 is 15.9 Å². The second kappa shape index (κ2) is 9.81. The molecule has 6 heteroatoms. The van der Waals surface area contributed by atoms with Crippen LogP contribution < -0.4 is 4.90 Å². The number of unbranched alkanes of at least 4 members (excludes halogenated alkanes) is 4. The highest BCUT2D eigenvalue weighted by atomic mass is 79.9. The Hall–Kier alpha value is -3.25. The van der Waals surface area contributed by atoms with E-state index < -0.39 is 16.2 Å². The maximum atomic E-state index is 14.0. The van der Waals surface area contributed by atoms with Crippen molar-refractivity contribution < 1.29 is 19.1 Å². The zero-order valence-electron chi connectivity index (χ0n) is 21.4.